The van der Waals surface area contributed by atoms with E-state index in [1.165, 1.54) is 12.8 Å². The third kappa shape index (κ3) is 1.09. The Hall–Kier alpha value is -0.160. The van der Waals surface area contributed by atoms with Crippen LogP contribution in [0.2, 0.25) is 0 Å². The monoisotopic (exact) mass is 226 g/mol. The molecule has 2 saturated carbocycles. The van der Waals surface area contributed by atoms with E-state index in [-0.39, 0.29) is 11.0 Å². The van der Waals surface area contributed by atoms with Crippen LogP contribution in [0.4, 0.5) is 0 Å². The predicted octanol–water partition coefficient (Wildman–Crippen LogP) is -0.192. The first-order valence-electron chi connectivity index (χ1n) is 6.45. The van der Waals surface area contributed by atoms with Crippen molar-refractivity contribution in [3.63, 3.8) is 0 Å². The van der Waals surface area contributed by atoms with Gasteiger partial charge in [0, 0.05) is 30.6 Å². The number of nitrogens with zero attached hydrogens (tertiary/aromatic N) is 1. The average molecular weight is 226 g/mol. The molecule has 1 aliphatic heterocycles. The predicted molar refractivity (Wildman–Crippen MR) is 61.0 cm³/mol. The van der Waals surface area contributed by atoms with Crippen LogP contribution < -0.4 is 5.73 Å². The second-order valence-electron chi connectivity index (χ2n) is 5.49. The molecule has 1 saturated heterocycles. The molecule has 16 heavy (non-hydrogen) atoms. The van der Waals surface area contributed by atoms with Gasteiger partial charge in [-0.25, -0.2) is 0 Å². The van der Waals surface area contributed by atoms with Crippen molar-refractivity contribution in [2.45, 2.75) is 24.8 Å². The fourth-order valence-corrected chi connectivity index (χ4v) is 4.57. The van der Waals surface area contributed by atoms with E-state index >= 15 is 0 Å². The molecule has 0 aromatic carbocycles. The Labute approximate surface area is 96.7 Å². The van der Waals surface area contributed by atoms with E-state index in [0.29, 0.717) is 19.1 Å². The SMILES string of the molecule is NCC1(N2CCOCC2)C2CCC[C@]21CO. The number of aliphatic hydroxyl groups is 1. The normalized spacial score (nSPS) is 48.0. The van der Waals surface area contributed by atoms with Gasteiger partial charge in [-0.2, -0.15) is 0 Å². The Morgan fingerprint density at radius 3 is 2.69 bits per heavy atom. The van der Waals surface area contributed by atoms with Crippen molar-refractivity contribution in [3.8, 4) is 0 Å². The lowest BCUT2D eigenvalue weighted by molar-refractivity contribution is -0.0106. The standard InChI is InChI=1S/C12H22N2O2/c13-8-12(14-4-6-16-7-5-14)10-2-1-3-11(10,12)9-15/h10,15H,1-9,13H2/t10?,11-,12?/m0/s1. The first kappa shape index (κ1) is 11.0. The molecular formula is C12H22N2O2. The van der Waals surface area contributed by atoms with Crippen molar-refractivity contribution in [2.24, 2.45) is 17.1 Å². The van der Waals surface area contributed by atoms with E-state index in [0.717, 1.165) is 32.7 Å². The summed E-state index contributed by atoms with van der Waals surface area (Å²) < 4.78 is 5.41. The van der Waals surface area contributed by atoms with E-state index in [9.17, 15) is 5.11 Å². The van der Waals surface area contributed by atoms with Gasteiger partial charge in [-0.3, -0.25) is 4.90 Å². The van der Waals surface area contributed by atoms with Gasteiger partial charge in [0.25, 0.3) is 0 Å². The molecule has 3 aliphatic rings. The maximum atomic E-state index is 9.75. The molecule has 2 aliphatic carbocycles. The highest BCUT2D eigenvalue weighted by Gasteiger charge is 2.78. The molecule has 3 atom stereocenters. The maximum Gasteiger partial charge on any atom is 0.0594 e. The molecule has 3 fully saturated rings. The van der Waals surface area contributed by atoms with Crippen LogP contribution in [0, 0.1) is 11.3 Å². The fourth-order valence-electron chi connectivity index (χ4n) is 4.57. The van der Waals surface area contributed by atoms with Gasteiger partial charge in [-0.15, -0.1) is 0 Å². The fraction of sp³-hybridized carbons (Fsp3) is 1.00. The molecule has 1 heterocycles. The topological polar surface area (TPSA) is 58.7 Å². The van der Waals surface area contributed by atoms with Crippen LogP contribution in [0.1, 0.15) is 19.3 Å². The van der Waals surface area contributed by atoms with E-state index in [1.54, 1.807) is 0 Å². The zero-order valence-corrected chi connectivity index (χ0v) is 9.82. The van der Waals surface area contributed by atoms with E-state index < -0.39 is 0 Å². The van der Waals surface area contributed by atoms with Gasteiger partial charge >= 0.3 is 0 Å². The van der Waals surface area contributed by atoms with Crippen LogP contribution in [0.15, 0.2) is 0 Å². The van der Waals surface area contributed by atoms with Crippen molar-refractivity contribution >= 4 is 0 Å². The molecule has 3 rings (SSSR count). The summed E-state index contributed by atoms with van der Waals surface area (Å²) in [7, 11) is 0. The Morgan fingerprint density at radius 2 is 2.12 bits per heavy atom. The largest absolute Gasteiger partial charge is 0.396 e. The van der Waals surface area contributed by atoms with Crippen molar-refractivity contribution in [2.75, 3.05) is 39.5 Å². The maximum absolute atomic E-state index is 9.75. The van der Waals surface area contributed by atoms with Crippen molar-refractivity contribution in [3.05, 3.63) is 0 Å². The van der Waals surface area contributed by atoms with Gasteiger partial charge in [0.2, 0.25) is 0 Å². The summed E-state index contributed by atoms with van der Waals surface area (Å²) in [5, 5.41) is 9.75. The third-order valence-corrected chi connectivity index (χ3v) is 5.31. The minimum atomic E-state index is 0.101. The smallest absolute Gasteiger partial charge is 0.0594 e. The summed E-state index contributed by atoms with van der Waals surface area (Å²) in [4.78, 5) is 2.50. The molecule has 0 radical (unpaired) electrons. The summed E-state index contributed by atoms with van der Waals surface area (Å²) in [5.74, 6) is 0.632. The molecule has 2 unspecified atom stereocenters. The molecule has 0 spiro atoms. The van der Waals surface area contributed by atoms with E-state index in [2.05, 4.69) is 4.90 Å². The van der Waals surface area contributed by atoms with Crippen LogP contribution in [-0.2, 0) is 4.74 Å². The molecule has 0 amide bonds. The number of fused-ring (bicyclic) bond motifs is 1. The second-order valence-corrected chi connectivity index (χ2v) is 5.49. The molecular weight excluding hydrogens is 204 g/mol. The van der Waals surface area contributed by atoms with Gasteiger partial charge in [0.15, 0.2) is 0 Å². The molecule has 4 nitrogen and oxygen atoms in total. The molecule has 0 bridgehead atoms. The van der Waals surface area contributed by atoms with E-state index in [4.69, 9.17) is 10.5 Å². The number of hydrogen-bond donors (Lipinski definition) is 2. The lowest BCUT2D eigenvalue weighted by atomic mass is 9.93. The quantitative estimate of drug-likeness (QED) is 0.700. The Balaban J connectivity index is 1.85. The molecule has 3 N–H and O–H groups in total. The van der Waals surface area contributed by atoms with Gasteiger partial charge < -0.3 is 15.6 Å². The van der Waals surface area contributed by atoms with Crippen LogP contribution in [-0.4, -0.2) is 55.0 Å². The first-order chi connectivity index (χ1) is 7.82. The molecule has 0 aromatic heterocycles. The van der Waals surface area contributed by atoms with Crippen LogP contribution in [0.5, 0.6) is 0 Å². The number of nitrogens with two attached hydrogens (primary N) is 1. The number of ether oxygens (including phenoxy) is 1. The third-order valence-electron chi connectivity index (χ3n) is 5.31. The van der Waals surface area contributed by atoms with Gasteiger partial charge in [-0.05, 0) is 18.8 Å². The summed E-state index contributed by atoms with van der Waals surface area (Å²) in [6.45, 7) is 4.60. The Morgan fingerprint density at radius 1 is 1.38 bits per heavy atom. The molecule has 92 valence electrons. The number of aliphatic hydroxyl groups excluding tert-OH is 1. The minimum Gasteiger partial charge on any atom is -0.396 e. The zero-order chi connectivity index (χ0) is 11.2. The van der Waals surface area contributed by atoms with Crippen LogP contribution in [0.3, 0.4) is 0 Å². The zero-order valence-electron chi connectivity index (χ0n) is 9.82. The lowest BCUT2D eigenvalue weighted by Gasteiger charge is -2.39. The summed E-state index contributed by atoms with van der Waals surface area (Å²) in [5.41, 5.74) is 6.28. The molecule has 4 heteroatoms. The van der Waals surface area contributed by atoms with E-state index in [1.807, 2.05) is 0 Å². The van der Waals surface area contributed by atoms with Crippen molar-refractivity contribution in [1.82, 2.24) is 4.90 Å². The van der Waals surface area contributed by atoms with Crippen LogP contribution >= 0.6 is 0 Å². The Bertz CT molecular complexity index is 280. The van der Waals surface area contributed by atoms with Crippen LogP contribution in [0.25, 0.3) is 0 Å². The summed E-state index contributed by atoms with van der Waals surface area (Å²) >= 11 is 0. The number of hydrogen-bond acceptors (Lipinski definition) is 4. The number of rotatable bonds is 3. The highest BCUT2D eigenvalue weighted by atomic mass is 16.5. The van der Waals surface area contributed by atoms with Gasteiger partial charge in [0.05, 0.1) is 19.8 Å². The molecule has 0 aromatic rings. The number of morpholine rings is 1. The average Bonchev–Trinajstić information content (AvgIpc) is 2.68. The lowest BCUT2D eigenvalue weighted by Crippen LogP contribution is -2.53. The van der Waals surface area contributed by atoms with Gasteiger partial charge in [0.1, 0.15) is 0 Å². The summed E-state index contributed by atoms with van der Waals surface area (Å²) in [6.07, 6.45) is 3.66. The highest BCUT2D eigenvalue weighted by molar-refractivity contribution is 5.31. The minimum absolute atomic E-state index is 0.101. The van der Waals surface area contributed by atoms with Crippen molar-refractivity contribution in [1.29, 1.82) is 0 Å². The highest BCUT2D eigenvalue weighted by Crippen LogP contribution is 2.72. The first-order valence-corrected chi connectivity index (χ1v) is 6.45. The second kappa shape index (κ2) is 3.67. The van der Waals surface area contributed by atoms with Gasteiger partial charge in [-0.1, -0.05) is 6.42 Å². The van der Waals surface area contributed by atoms with Crippen molar-refractivity contribution < 1.29 is 9.84 Å². The Kier molecular flexibility index (Phi) is 2.51. The summed E-state index contributed by atoms with van der Waals surface area (Å²) in [6, 6.07) is 0.